The molecule has 13 heteroatoms. The van der Waals surface area contributed by atoms with Crippen LogP contribution in [0.3, 0.4) is 0 Å². The van der Waals surface area contributed by atoms with Gasteiger partial charge in [0.05, 0.1) is 43.3 Å². The van der Waals surface area contributed by atoms with Crippen molar-refractivity contribution in [2.45, 2.75) is 17.4 Å². The van der Waals surface area contributed by atoms with Crippen molar-refractivity contribution in [3.63, 3.8) is 0 Å². The van der Waals surface area contributed by atoms with E-state index in [2.05, 4.69) is 0 Å². The number of morpholine rings is 1. The van der Waals surface area contributed by atoms with Gasteiger partial charge in [0.2, 0.25) is 10.0 Å². The third-order valence-electron chi connectivity index (χ3n) is 7.43. The van der Waals surface area contributed by atoms with Crippen molar-refractivity contribution in [3.05, 3.63) is 87.5 Å². The summed E-state index contributed by atoms with van der Waals surface area (Å²) >= 11 is 0. The molecule has 5 rings (SSSR count). The highest BCUT2D eigenvalue weighted by molar-refractivity contribution is 7.89. The number of nitro groups is 1. The fraction of sp³-hybridized carbons (Fsp3) is 0.345. The monoisotopic (exact) mass is 597 g/mol. The molecule has 2 aliphatic heterocycles. The highest BCUT2D eigenvalue weighted by atomic mass is 32.2. The Hall–Kier alpha value is -4.20. The molecule has 0 N–H and O–H groups in total. The average Bonchev–Trinajstić information content (AvgIpc) is 3.03. The summed E-state index contributed by atoms with van der Waals surface area (Å²) in [7, 11) is -0.612. The first-order valence-corrected chi connectivity index (χ1v) is 14.8. The minimum atomic E-state index is -3.70. The third-order valence-corrected chi connectivity index (χ3v) is 9.34. The Bertz CT molecular complexity index is 1550. The van der Waals surface area contributed by atoms with Crippen LogP contribution in [0.1, 0.15) is 27.5 Å². The predicted octanol–water partition coefficient (Wildman–Crippen LogP) is 3.45. The van der Waals surface area contributed by atoms with Crippen molar-refractivity contribution in [1.82, 2.24) is 9.21 Å². The zero-order chi connectivity index (χ0) is 29.9. The number of rotatable bonds is 9. The van der Waals surface area contributed by atoms with Crippen LogP contribution in [0.2, 0.25) is 0 Å². The molecule has 0 aromatic heterocycles. The third kappa shape index (κ3) is 5.89. The van der Waals surface area contributed by atoms with Gasteiger partial charge in [-0.05, 0) is 66.1 Å². The maximum atomic E-state index is 13.9. The molecule has 0 bridgehead atoms. The van der Waals surface area contributed by atoms with Crippen LogP contribution in [-0.2, 0) is 21.2 Å². The number of carbonyl (C=O) groups excluding carboxylic acids is 1. The van der Waals surface area contributed by atoms with Gasteiger partial charge in [-0.15, -0.1) is 0 Å². The smallest absolute Gasteiger partial charge is 0.269 e. The van der Waals surface area contributed by atoms with Crippen molar-refractivity contribution in [3.8, 4) is 17.2 Å². The number of methoxy groups -OCH3 is 2. The maximum absolute atomic E-state index is 13.9. The number of fused-ring (bicyclic) bond motifs is 1. The molecule has 2 heterocycles. The summed E-state index contributed by atoms with van der Waals surface area (Å²) in [5, 5.41) is 11.0. The fourth-order valence-electron chi connectivity index (χ4n) is 5.16. The molecule has 1 unspecified atom stereocenters. The number of carbonyl (C=O) groups is 1. The van der Waals surface area contributed by atoms with E-state index in [9.17, 15) is 23.3 Å². The van der Waals surface area contributed by atoms with Gasteiger partial charge < -0.3 is 23.8 Å². The molecule has 3 aromatic carbocycles. The number of non-ortho nitro benzene ring substituents is 1. The Morgan fingerprint density at radius 2 is 1.62 bits per heavy atom. The lowest BCUT2D eigenvalue weighted by molar-refractivity contribution is -0.384. The molecule has 12 nitrogen and oxygen atoms in total. The van der Waals surface area contributed by atoms with E-state index < -0.39 is 21.0 Å². The summed E-state index contributed by atoms with van der Waals surface area (Å²) in [6.45, 7) is 1.68. The number of sulfonamides is 1. The van der Waals surface area contributed by atoms with Crippen molar-refractivity contribution in [2.24, 2.45) is 0 Å². The summed E-state index contributed by atoms with van der Waals surface area (Å²) in [5.41, 5.74) is 2.07. The number of ether oxygens (including phenoxy) is 4. The highest BCUT2D eigenvalue weighted by Gasteiger charge is 2.34. The normalized spacial score (nSPS) is 17.3. The molecule has 222 valence electrons. The molecule has 0 saturated carbocycles. The van der Waals surface area contributed by atoms with Crippen LogP contribution in [0.25, 0.3) is 0 Å². The first kappa shape index (κ1) is 29.3. The van der Waals surface area contributed by atoms with Crippen LogP contribution in [0.15, 0.2) is 65.6 Å². The SMILES string of the molecule is COc1cc2c(cc1OC)C(COc1ccc([N+](=O)[O-])cc1)N(C(=O)c1ccc(S(=O)(=O)N3CCOCC3)cc1)CC2. The minimum absolute atomic E-state index is 0.0573. The summed E-state index contributed by atoms with van der Waals surface area (Å²) in [6, 6.07) is 14.9. The molecular weight excluding hydrogens is 566 g/mol. The van der Waals surface area contributed by atoms with Crippen LogP contribution >= 0.6 is 0 Å². The summed E-state index contributed by atoms with van der Waals surface area (Å²) in [4.78, 5) is 26.2. The number of benzene rings is 3. The molecule has 1 fully saturated rings. The second-order valence-corrected chi connectivity index (χ2v) is 11.7. The maximum Gasteiger partial charge on any atom is 0.269 e. The van der Waals surface area contributed by atoms with E-state index in [1.807, 2.05) is 12.1 Å². The lowest BCUT2D eigenvalue weighted by Gasteiger charge is -2.37. The van der Waals surface area contributed by atoms with Gasteiger partial charge in [-0.1, -0.05) is 0 Å². The zero-order valence-electron chi connectivity index (χ0n) is 23.2. The number of nitrogens with zero attached hydrogens (tertiary/aromatic N) is 3. The van der Waals surface area contributed by atoms with Crippen LogP contribution in [0.5, 0.6) is 17.2 Å². The molecule has 0 spiro atoms. The van der Waals surface area contributed by atoms with Gasteiger partial charge in [0.25, 0.3) is 11.6 Å². The molecule has 2 aliphatic rings. The van der Waals surface area contributed by atoms with Crippen LogP contribution in [0, 0.1) is 10.1 Å². The highest BCUT2D eigenvalue weighted by Crippen LogP contribution is 2.39. The Labute approximate surface area is 243 Å². The molecule has 0 radical (unpaired) electrons. The van der Waals surface area contributed by atoms with Crippen LogP contribution < -0.4 is 14.2 Å². The van der Waals surface area contributed by atoms with E-state index in [4.69, 9.17) is 18.9 Å². The first-order chi connectivity index (χ1) is 20.2. The van der Waals surface area contributed by atoms with Crippen molar-refractivity contribution in [1.29, 1.82) is 0 Å². The zero-order valence-corrected chi connectivity index (χ0v) is 24.0. The van der Waals surface area contributed by atoms with E-state index >= 15 is 0 Å². The van der Waals surface area contributed by atoms with Crippen LogP contribution in [0.4, 0.5) is 5.69 Å². The second-order valence-electron chi connectivity index (χ2n) is 9.77. The van der Waals surface area contributed by atoms with E-state index in [0.29, 0.717) is 49.0 Å². The summed E-state index contributed by atoms with van der Waals surface area (Å²) in [6.07, 6.45) is 0.555. The topological polar surface area (TPSA) is 138 Å². The average molecular weight is 598 g/mol. The Balaban J connectivity index is 1.43. The van der Waals surface area contributed by atoms with Gasteiger partial charge in [-0.3, -0.25) is 14.9 Å². The number of hydrogen-bond acceptors (Lipinski definition) is 9. The molecule has 0 aliphatic carbocycles. The quantitative estimate of drug-likeness (QED) is 0.268. The van der Waals surface area contributed by atoms with E-state index in [-0.39, 0.29) is 36.2 Å². The van der Waals surface area contributed by atoms with Gasteiger partial charge in [0.15, 0.2) is 11.5 Å². The first-order valence-electron chi connectivity index (χ1n) is 13.3. The van der Waals surface area contributed by atoms with E-state index in [1.165, 1.54) is 59.9 Å². The van der Waals surface area contributed by atoms with Crippen LogP contribution in [-0.4, -0.2) is 82.1 Å². The Morgan fingerprint density at radius 1 is 0.976 bits per heavy atom. The molecule has 3 aromatic rings. The van der Waals surface area contributed by atoms with E-state index in [1.54, 1.807) is 12.0 Å². The number of amides is 1. The molecule has 42 heavy (non-hydrogen) atoms. The van der Waals surface area contributed by atoms with Gasteiger partial charge in [0, 0.05) is 37.3 Å². The molecular formula is C29H31N3O9S. The Kier molecular flexibility index (Phi) is 8.61. The van der Waals surface area contributed by atoms with Gasteiger partial charge in [-0.2, -0.15) is 4.31 Å². The fourth-order valence-corrected chi connectivity index (χ4v) is 6.57. The lowest BCUT2D eigenvalue weighted by atomic mass is 9.91. The molecule has 1 amide bonds. The van der Waals surface area contributed by atoms with Crippen molar-refractivity contribution >= 4 is 21.6 Å². The Morgan fingerprint density at radius 3 is 2.24 bits per heavy atom. The largest absolute Gasteiger partial charge is 0.493 e. The summed E-state index contributed by atoms with van der Waals surface area (Å²) < 4.78 is 49.8. The van der Waals surface area contributed by atoms with Gasteiger partial charge in [-0.25, -0.2) is 8.42 Å². The summed E-state index contributed by atoms with van der Waals surface area (Å²) in [5.74, 6) is 1.20. The number of hydrogen-bond donors (Lipinski definition) is 0. The van der Waals surface area contributed by atoms with E-state index in [0.717, 1.165) is 11.1 Å². The van der Waals surface area contributed by atoms with Crippen molar-refractivity contribution in [2.75, 3.05) is 53.7 Å². The van der Waals surface area contributed by atoms with Gasteiger partial charge >= 0.3 is 0 Å². The second kappa shape index (κ2) is 12.3. The lowest BCUT2D eigenvalue weighted by Crippen LogP contribution is -2.42. The van der Waals surface area contributed by atoms with Gasteiger partial charge in [0.1, 0.15) is 12.4 Å². The molecule has 1 saturated heterocycles. The van der Waals surface area contributed by atoms with Crippen molar-refractivity contribution < 1.29 is 37.1 Å². The predicted molar refractivity (Wildman–Crippen MR) is 152 cm³/mol. The number of nitro benzene ring substituents is 1. The minimum Gasteiger partial charge on any atom is -0.493 e. The molecule has 1 atom stereocenters. The standard InChI is InChI=1S/C29H31N3O9S/c1-38-27-17-21-11-12-31(29(33)20-3-9-24(10-4-20)42(36,37)30-13-15-40-16-14-30)26(25(21)18-28(27)39-2)19-41-23-7-5-22(6-8-23)32(34)35/h3-10,17-18,26H,11-16,19H2,1-2H3.